The number of carboxylic acid groups (broad SMARTS) is 1. The molecular formula is C7H16N2O2. The summed E-state index contributed by atoms with van der Waals surface area (Å²) >= 11 is 0. The summed E-state index contributed by atoms with van der Waals surface area (Å²) in [5, 5.41) is 11.3. The molecule has 0 fully saturated rings. The molecule has 0 spiro atoms. The van der Waals surface area contributed by atoms with E-state index in [9.17, 15) is 4.79 Å². The van der Waals surface area contributed by atoms with Gasteiger partial charge in [-0.3, -0.25) is 4.79 Å². The van der Waals surface area contributed by atoms with E-state index in [1.807, 2.05) is 19.0 Å². The first-order chi connectivity index (χ1) is 5.04. The Bertz CT molecular complexity index is 126. The number of nitrogens with zero attached hydrogens (tertiary/aromatic N) is 1. The fourth-order valence-electron chi connectivity index (χ4n) is 0.592. The largest absolute Gasteiger partial charge is 0.480 e. The van der Waals surface area contributed by atoms with Gasteiger partial charge in [-0.15, -0.1) is 0 Å². The van der Waals surface area contributed by atoms with Crippen molar-refractivity contribution < 1.29 is 9.90 Å². The standard InChI is InChI=1S/C7H16N2O2/c1-6(7(10)11)8-4-5-9(2)3/h6,8H,4-5H2,1-3H3,(H,10,11)/t6-/m1/s1. The second kappa shape index (κ2) is 5.09. The number of carboxylic acids is 1. The molecule has 2 N–H and O–H groups in total. The molecule has 0 saturated carbocycles. The molecule has 0 bridgehead atoms. The Hall–Kier alpha value is -0.610. The SMILES string of the molecule is C[C@@H](NCCN(C)C)C(=O)O. The third-order valence-electron chi connectivity index (χ3n) is 1.38. The van der Waals surface area contributed by atoms with E-state index in [1.165, 1.54) is 0 Å². The van der Waals surface area contributed by atoms with Gasteiger partial charge in [0.05, 0.1) is 0 Å². The number of aliphatic carboxylic acids is 1. The second-order valence-electron chi connectivity index (χ2n) is 2.82. The van der Waals surface area contributed by atoms with Gasteiger partial charge in [-0.25, -0.2) is 0 Å². The van der Waals surface area contributed by atoms with Crippen LogP contribution in [0.25, 0.3) is 0 Å². The highest BCUT2D eigenvalue weighted by Gasteiger charge is 2.08. The summed E-state index contributed by atoms with van der Waals surface area (Å²) in [5.41, 5.74) is 0. The van der Waals surface area contributed by atoms with Gasteiger partial charge in [0.1, 0.15) is 6.04 Å². The average molecular weight is 160 g/mol. The summed E-state index contributed by atoms with van der Waals surface area (Å²) < 4.78 is 0. The van der Waals surface area contributed by atoms with Crippen LogP contribution < -0.4 is 5.32 Å². The number of hydrogen-bond acceptors (Lipinski definition) is 3. The maximum Gasteiger partial charge on any atom is 0.320 e. The molecule has 0 radical (unpaired) electrons. The number of nitrogens with one attached hydrogen (secondary N) is 1. The number of rotatable bonds is 5. The van der Waals surface area contributed by atoms with Gasteiger partial charge in [-0.2, -0.15) is 0 Å². The van der Waals surface area contributed by atoms with E-state index in [1.54, 1.807) is 6.92 Å². The van der Waals surface area contributed by atoms with Crippen LogP contribution in [0.5, 0.6) is 0 Å². The van der Waals surface area contributed by atoms with E-state index >= 15 is 0 Å². The maximum atomic E-state index is 10.3. The Labute approximate surface area is 67.2 Å². The monoisotopic (exact) mass is 160 g/mol. The van der Waals surface area contributed by atoms with Crippen LogP contribution in [-0.4, -0.2) is 49.2 Å². The molecule has 0 aromatic heterocycles. The van der Waals surface area contributed by atoms with Crippen molar-refractivity contribution in [1.29, 1.82) is 0 Å². The van der Waals surface area contributed by atoms with Crippen LogP contribution in [0, 0.1) is 0 Å². The highest BCUT2D eigenvalue weighted by Crippen LogP contribution is 1.80. The number of hydrogen-bond donors (Lipinski definition) is 2. The van der Waals surface area contributed by atoms with Crippen LogP contribution in [-0.2, 0) is 4.79 Å². The minimum atomic E-state index is -0.802. The zero-order valence-corrected chi connectivity index (χ0v) is 7.29. The first-order valence-corrected chi connectivity index (χ1v) is 3.65. The zero-order chi connectivity index (χ0) is 8.85. The van der Waals surface area contributed by atoms with Gasteiger partial charge in [0.2, 0.25) is 0 Å². The lowest BCUT2D eigenvalue weighted by atomic mass is 10.3. The topological polar surface area (TPSA) is 52.6 Å². The predicted molar refractivity (Wildman–Crippen MR) is 43.7 cm³/mol. The molecule has 0 unspecified atom stereocenters. The van der Waals surface area contributed by atoms with Crippen molar-refractivity contribution in [3.05, 3.63) is 0 Å². The summed E-state index contributed by atoms with van der Waals surface area (Å²) in [4.78, 5) is 12.3. The van der Waals surface area contributed by atoms with Gasteiger partial charge in [-0.1, -0.05) is 0 Å². The van der Waals surface area contributed by atoms with E-state index < -0.39 is 12.0 Å². The smallest absolute Gasteiger partial charge is 0.320 e. The molecule has 0 heterocycles. The van der Waals surface area contributed by atoms with Crippen molar-refractivity contribution in [3.63, 3.8) is 0 Å². The molecule has 0 aliphatic carbocycles. The van der Waals surface area contributed by atoms with Gasteiger partial charge < -0.3 is 15.3 Å². The summed E-state index contributed by atoms with van der Waals surface area (Å²) in [6, 6.07) is -0.449. The molecule has 0 aromatic rings. The second-order valence-corrected chi connectivity index (χ2v) is 2.82. The first-order valence-electron chi connectivity index (χ1n) is 3.65. The van der Waals surface area contributed by atoms with Gasteiger partial charge in [0, 0.05) is 13.1 Å². The Balaban J connectivity index is 3.31. The normalized spacial score (nSPS) is 13.5. The van der Waals surface area contributed by atoms with Crippen molar-refractivity contribution in [2.45, 2.75) is 13.0 Å². The molecule has 0 aromatic carbocycles. The van der Waals surface area contributed by atoms with Crippen LogP contribution in [0.2, 0.25) is 0 Å². The number of likely N-dealkylation sites (N-methyl/N-ethyl adjacent to an activating group) is 1. The molecule has 4 nitrogen and oxygen atoms in total. The van der Waals surface area contributed by atoms with Crippen LogP contribution in [0.3, 0.4) is 0 Å². The van der Waals surface area contributed by atoms with Gasteiger partial charge >= 0.3 is 5.97 Å². The molecular weight excluding hydrogens is 144 g/mol. The van der Waals surface area contributed by atoms with Crippen LogP contribution in [0.15, 0.2) is 0 Å². The molecule has 1 atom stereocenters. The minimum Gasteiger partial charge on any atom is -0.480 e. The van der Waals surface area contributed by atoms with Crippen LogP contribution in [0.4, 0.5) is 0 Å². The summed E-state index contributed by atoms with van der Waals surface area (Å²) in [6.07, 6.45) is 0. The summed E-state index contributed by atoms with van der Waals surface area (Å²) in [6.45, 7) is 3.20. The lowest BCUT2D eigenvalue weighted by Crippen LogP contribution is -2.37. The Morgan fingerprint density at radius 1 is 1.64 bits per heavy atom. The van der Waals surface area contributed by atoms with Crippen LogP contribution in [0.1, 0.15) is 6.92 Å². The Morgan fingerprint density at radius 2 is 2.18 bits per heavy atom. The average Bonchev–Trinajstić information content (AvgIpc) is 1.86. The van der Waals surface area contributed by atoms with Crippen LogP contribution >= 0.6 is 0 Å². The quantitative estimate of drug-likeness (QED) is 0.575. The van der Waals surface area contributed by atoms with E-state index in [4.69, 9.17) is 5.11 Å². The van der Waals surface area contributed by atoms with Crippen molar-refractivity contribution >= 4 is 5.97 Å². The fourth-order valence-corrected chi connectivity index (χ4v) is 0.592. The van der Waals surface area contributed by atoms with Gasteiger partial charge in [0.25, 0.3) is 0 Å². The predicted octanol–water partition coefficient (Wildman–Crippen LogP) is -0.389. The highest BCUT2D eigenvalue weighted by atomic mass is 16.4. The third-order valence-corrected chi connectivity index (χ3v) is 1.38. The van der Waals surface area contributed by atoms with Crippen molar-refractivity contribution in [2.24, 2.45) is 0 Å². The maximum absolute atomic E-state index is 10.3. The molecule has 0 rings (SSSR count). The summed E-state index contributed by atoms with van der Waals surface area (Å²) in [7, 11) is 3.90. The van der Waals surface area contributed by atoms with Gasteiger partial charge in [-0.05, 0) is 21.0 Å². The third kappa shape index (κ3) is 5.82. The van der Waals surface area contributed by atoms with Gasteiger partial charge in [0.15, 0.2) is 0 Å². The Kier molecular flexibility index (Phi) is 4.81. The first kappa shape index (κ1) is 10.4. The Morgan fingerprint density at radius 3 is 2.55 bits per heavy atom. The minimum absolute atomic E-state index is 0.449. The lowest BCUT2D eigenvalue weighted by molar-refractivity contribution is -0.138. The molecule has 11 heavy (non-hydrogen) atoms. The van der Waals surface area contributed by atoms with Crippen molar-refractivity contribution in [2.75, 3.05) is 27.2 Å². The molecule has 0 aliphatic rings. The summed E-state index contributed by atoms with van der Waals surface area (Å²) in [5.74, 6) is -0.802. The fraction of sp³-hybridized carbons (Fsp3) is 0.857. The molecule has 66 valence electrons. The van der Waals surface area contributed by atoms with Crippen molar-refractivity contribution in [3.8, 4) is 0 Å². The molecule has 0 amide bonds. The number of carbonyl (C=O) groups is 1. The van der Waals surface area contributed by atoms with E-state index in [0.29, 0.717) is 6.54 Å². The van der Waals surface area contributed by atoms with Crippen molar-refractivity contribution in [1.82, 2.24) is 10.2 Å². The molecule has 0 aliphatic heterocycles. The lowest BCUT2D eigenvalue weighted by Gasteiger charge is -2.12. The molecule has 4 heteroatoms. The van der Waals surface area contributed by atoms with E-state index in [0.717, 1.165) is 6.54 Å². The molecule has 0 saturated heterocycles. The zero-order valence-electron chi connectivity index (χ0n) is 7.29. The van der Waals surface area contributed by atoms with E-state index in [-0.39, 0.29) is 0 Å². The highest BCUT2D eigenvalue weighted by molar-refractivity contribution is 5.72. The van der Waals surface area contributed by atoms with E-state index in [2.05, 4.69) is 5.32 Å².